The van der Waals surface area contributed by atoms with Crippen LogP contribution in [0.2, 0.25) is 0 Å². The van der Waals surface area contributed by atoms with E-state index < -0.39 is 17.2 Å². The van der Waals surface area contributed by atoms with Crippen LogP contribution in [-0.2, 0) is 5.60 Å². The fraction of sp³-hybridized carbons (Fsp3) is 0.571. The Morgan fingerprint density at radius 1 is 1.28 bits per heavy atom. The second-order valence-electron chi connectivity index (χ2n) is 5.58. The fourth-order valence-electron chi connectivity index (χ4n) is 3.15. The summed E-state index contributed by atoms with van der Waals surface area (Å²) in [7, 11) is 0. The van der Waals surface area contributed by atoms with Crippen molar-refractivity contribution in [2.75, 3.05) is 6.54 Å². The number of benzene rings is 1. The highest BCUT2D eigenvalue weighted by Gasteiger charge is 2.48. The van der Waals surface area contributed by atoms with Gasteiger partial charge >= 0.3 is 0 Å². The highest BCUT2D eigenvalue weighted by atomic mass is 19.1. The molecule has 2 atom stereocenters. The van der Waals surface area contributed by atoms with E-state index in [4.69, 9.17) is 0 Å². The summed E-state index contributed by atoms with van der Waals surface area (Å²) < 4.78 is 27.6. The van der Waals surface area contributed by atoms with Crippen LogP contribution in [0.15, 0.2) is 18.2 Å². The summed E-state index contributed by atoms with van der Waals surface area (Å²) in [6, 6.07) is 4.40. The lowest BCUT2D eigenvalue weighted by atomic mass is 9.90. The van der Waals surface area contributed by atoms with Crippen LogP contribution in [0.3, 0.4) is 0 Å². The summed E-state index contributed by atoms with van der Waals surface area (Å²) in [5.74, 6) is -1.30. The van der Waals surface area contributed by atoms with E-state index in [9.17, 15) is 13.9 Å². The molecule has 0 aromatic heterocycles. The summed E-state index contributed by atoms with van der Waals surface area (Å²) >= 11 is 0. The molecule has 1 saturated heterocycles. The maximum Gasteiger partial charge on any atom is 0.132 e. The van der Waals surface area contributed by atoms with Crippen molar-refractivity contribution in [3.8, 4) is 0 Å². The summed E-state index contributed by atoms with van der Waals surface area (Å²) in [6.45, 7) is 2.34. The third-order valence-electron chi connectivity index (χ3n) is 4.09. The van der Waals surface area contributed by atoms with Gasteiger partial charge in [0.15, 0.2) is 0 Å². The third-order valence-corrected chi connectivity index (χ3v) is 4.09. The molecule has 1 aromatic carbocycles. The molecule has 0 bridgehead atoms. The number of hydrogen-bond acceptors (Lipinski definition) is 2. The predicted molar refractivity (Wildman–Crippen MR) is 64.1 cm³/mol. The van der Waals surface area contributed by atoms with Crippen LogP contribution in [0.4, 0.5) is 8.78 Å². The molecule has 2 nitrogen and oxygen atoms in total. The Morgan fingerprint density at radius 3 is 2.44 bits per heavy atom. The lowest BCUT2D eigenvalue weighted by Gasteiger charge is -2.25. The average Bonchev–Trinajstić information content (AvgIpc) is 3.05. The van der Waals surface area contributed by atoms with E-state index in [1.54, 1.807) is 0 Å². The quantitative estimate of drug-likeness (QED) is 0.875. The molecular weight excluding hydrogens is 236 g/mol. The molecule has 2 unspecified atom stereocenters. The molecule has 1 aromatic rings. The first-order valence-electron chi connectivity index (χ1n) is 6.44. The first-order valence-corrected chi connectivity index (χ1v) is 6.44. The smallest absolute Gasteiger partial charge is 0.132 e. The summed E-state index contributed by atoms with van der Waals surface area (Å²) in [5, 5.41) is 10.6. The van der Waals surface area contributed by atoms with Gasteiger partial charge in [-0.05, 0) is 38.3 Å². The van der Waals surface area contributed by atoms with Gasteiger partial charge in [-0.15, -0.1) is 0 Å². The number of rotatable bonds is 2. The zero-order valence-electron chi connectivity index (χ0n) is 10.4. The van der Waals surface area contributed by atoms with Crippen molar-refractivity contribution in [3.05, 3.63) is 35.4 Å². The van der Waals surface area contributed by atoms with E-state index in [1.165, 1.54) is 18.2 Å². The Bertz CT molecular complexity index is 455. The SMILES string of the molecule is CC1CC(O)(c2c(F)cccc2F)CN1C1CC1. The molecule has 0 amide bonds. The molecule has 18 heavy (non-hydrogen) atoms. The van der Waals surface area contributed by atoms with E-state index >= 15 is 0 Å². The molecule has 1 aliphatic carbocycles. The van der Waals surface area contributed by atoms with Gasteiger partial charge in [-0.25, -0.2) is 8.78 Å². The van der Waals surface area contributed by atoms with Crippen molar-refractivity contribution < 1.29 is 13.9 Å². The van der Waals surface area contributed by atoms with Gasteiger partial charge in [-0.2, -0.15) is 0 Å². The molecule has 1 N–H and O–H groups in total. The average molecular weight is 253 g/mol. The summed E-state index contributed by atoms with van der Waals surface area (Å²) in [4.78, 5) is 2.17. The van der Waals surface area contributed by atoms with E-state index in [0.717, 1.165) is 12.8 Å². The lowest BCUT2D eigenvalue weighted by molar-refractivity contribution is 0.0378. The molecule has 98 valence electrons. The van der Waals surface area contributed by atoms with E-state index in [-0.39, 0.29) is 11.6 Å². The number of aliphatic hydroxyl groups is 1. The number of nitrogens with zero attached hydrogens (tertiary/aromatic N) is 1. The first-order chi connectivity index (χ1) is 8.51. The number of β-amino-alcohol motifs (C(OH)–C–C–N with tert-alkyl or cyclic N) is 1. The minimum absolute atomic E-state index is 0.167. The van der Waals surface area contributed by atoms with Gasteiger partial charge in [-0.1, -0.05) is 6.07 Å². The van der Waals surface area contributed by atoms with Crippen molar-refractivity contribution in [1.82, 2.24) is 4.90 Å². The minimum atomic E-state index is -1.39. The van der Waals surface area contributed by atoms with Crippen LogP contribution in [-0.4, -0.2) is 28.6 Å². The Kier molecular flexibility index (Phi) is 2.68. The van der Waals surface area contributed by atoms with E-state index in [2.05, 4.69) is 4.90 Å². The second kappa shape index (κ2) is 4.00. The van der Waals surface area contributed by atoms with Crippen molar-refractivity contribution in [2.24, 2.45) is 0 Å². The number of halogens is 2. The van der Waals surface area contributed by atoms with Crippen molar-refractivity contribution in [2.45, 2.75) is 43.9 Å². The van der Waals surface area contributed by atoms with Gasteiger partial charge in [-0.3, -0.25) is 4.90 Å². The van der Waals surface area contributed by atoms with Crippen LogP contribution < -0.4 is 0 Å². The molecule has 2 fully saturated rings. The van der Waals surface area contributed by atoms with Crippen LogP contribution in [0.1, 0.15) is 31.7 Å². The maximum atomic E-state index is 13.8. The molecule has 0 spiro atoms. The Balaban J connectivity index is 1.95. The Hall–Kier alpha value is -1.00. The Labute approximate surface area is 105 Å². The van der Waals surface area contributed by atoms with E-state index in [1.807, 2.05) is 6.92 Å². The second-order valence-corrected chi connectivity index (χ2v) is 5.58. The molecule has 1 heterocycles. The standard InChI is InChI=1S/C14H17F2NO/c1-9-7-14(18,8-17(9)10-5-6-10)13-11(15)3-2-4-12(13)16/h2-4,9-10,18H,5-8H2,1H3. The monoisotopic (exact) mass is 253 g/mol. The van der Waals surface area contributed by atoms with Gasteiger partial charge in [0.05, 0.1) is 5.56 Å². The molecule has 3 rings (SSSR count). The molecular formula is C14H17F2NO. The first kappa shape index (κ1) is 12.1. The largest absolute Gasteiger partial charge is 0.384 e. The molecule has 4 heteroatoms. The van der Waals surface area contributed by atoms with E-state index in [0.29, 0.717) is 19.0 Å². The number of hydrogen-bond donors (Lipinski definition) is 1. The topological polar surface area (TPSA) is 23.5 Å². The van der Waals surface area contributed by atoms with Gasteiger partial charge in [0, 0.05) is 18.6 Å². The maximum absolute atomic E-state index is 13.8. The van der Waals surface area contributed by atoms with Crippen molar-refractivity contribution in [3.63, 3.8) is 0 Å². The summed E-state index contributed by atoms with van der Waals surface area (Å²) in [5.41, 5.74) is -1.56. The van der Waals surface area contributed by atoms with Crippen LogP contribution in [0, 0.1) is 11.6 Å². The Morgan fingerprint density at radius 2 is 1.89 bits per heavy atom. The van der Waals surface area contributed by atoms with Gasteiger partial charge in [0.1, 0.15) is 17.2 Å². The van der Waals surface area contributed by atoms with Crippen molar-refractivity contribution >= 4 is 0 Å². The normalized spacial score (nSPS) is 33.0. The highest BCUT2D eigenvalue weighted by molar-refractivity contribution is 5.28. The third kappa shape index (κ3) is 1.84. The molecule has 1 aliphatic heterocycles. The van der Waals surface area contributed by atoms with Crippen LogP contribution in [0.25, 0.3) is 0 Å². The summed E-state index contributed by atoms with van der Waals surface area (Å²) in [6.07, 6.45) is 2.64. The predicted octanol–water partition coefficient (Wildman–Crippen LogP) is 2.41. The highest BCUT2D eigenvalue weighted by Crippen LogP contribution is 2.43. The van der Waals surface area contributed by atoms with Crippen molar-refractivity contribution in [1.29, 1.82) is 0 Å². The molecule has 0 radical (unpaired) electrons. The van der Waals surface area contributed by atoms with Gasteiger partial charge in [0.25, 0.3) is 0 Å². The molecule has 1 saturated carbocycles. The number of likely N-dealkylation sites (tertiary alicyclic amines) is 1. The van der Waals surface area contributed by atoms with Crippen LogP contribution >= 0.6 is 0 Å². The lowest BCUT2D eigenvalue weighted by Crippen LogP contribution is -2.34. The zero-order chi connectivity index (χ0) is 12.9. The molecule has 2 aliphatic rings. The fourth-order valence-corrected chi connectivity index (χ4v) is 3.15. The van der Waals surface area contributed by atoms with Gasteiger partial charge in [0.2, 0.25) is 0 Å². The zero-order valence-corrected chi connectivity index (χ0v) is 10.4. The minimum Gasteiger partial charge on any atom is -0.384 e. The van der Waals surface area contributed by atoms with Gasteiger partial charge < -0.3 is 5.11 Å². The van der Waals surface area contributed by atoms with Crippen LogP contribution in [0.5, 0.6) is 0 Å².